The van der Waals surface area contributed by atoms with Gasteiger partial charge in [-0.3, -0.25) is 0 Å². The molecule has 0 saturated heterocycles. The molecule has 3 heteroatoms. The lowest BCUT2D eigenvalue weighted by Crippen LogP contribution is -2.01. The number of rotatable bonds is 15. The van der Waals surface area contributed by atoms with Crippen molar-refractivity contribution in [1.29, 1.82) is 0 Å². The van der Waals surface area contributed by atoms with Crippen molar-refractivity contribution in [3.05, 3.63) is 35.6 Å². The van der Waals surface area contributed by atoms with E-state index in [0.717, 1.165) is 51.3 Å². The molecule has 26 heavy (non-hydrogen) atoms. The highest BCUT2D eigenvalue weighted by atomic mass is 19.1. The maximum absolute atomic E-state index is 13.0. The Bertz CT molecular complexity index is 504. The normalized spacial score (nSPS) is 10.5. The van der Waals surface area contributed by atoms with Gasteiger partial charge in [-0.1, -0.05) is 56.4 Å². The average Bonchev–Trinajstić information content (AvgIpc) is 2.64. The Labute approximate surface area is 159 Å². The van der Waals surface area contributed by atoms with Gasteiger partial charge in [0.1, 0.15) is 5.82 Å². The molecule has 0 saturated carbocycles. The Morgan fingerprint density at radius 1 is 0.808 bits per heavy atom. The third-order valence-electron chi connectivity index (χ3n) is 4.18. The van der Waals surface area contributed by atoms with E-state index in [0.29, 0.717) is 0 Å². The van der Waals surface area contributed by atoms with Crippen LogP contribution in [0.4, 0.5) is 4.39 Å². The molecular weight excluding hydrogens is 327 g/mol. The maximum Gasteiger partial charge on any atom is 0.124 e. The molecule has 0 N–H and O–H groups in total. The van der Waals surface area contributed by atoms with Crippen LogP contribution in [0, 0.1) is 17.7 Å². The summed E-state index contributed by atoms with van der Waals surface area (Å²) in [5.74, 6) is 5.95. The van der Waals surface area contributed by atoms with E-state index in [4.69, 9.17) is 9.47 Å². The minimum Gasteiger partial charge on any atom is -0.382 e. The maximum atomic E-state index is 13.0. The van der Waals surface area contributed by atoms with Gasteiger partial charge in [0.2, 0.25) is 0 Å². The Balaban J connectivity index is 1.80. The molecule has 1 aromatic carbocycles. The molecule has 0 amide bonds. The van der Waals surface area contributed by atoms with Crippen molar-refractivity contribution in [2.75, 3.05) is 26.4 Å². The first kappa shape index (κ1) is 22.7. The molecule has 0 aliphatic carbocycles. The van der Waals surface area contributed by atoms with Crippen molar-refractivity contribution in [3.63, 3.8) is 0 Å². The monoisotopic (exact) mass is 362 g/mol. The predicted octanol–water partition coefficient (Wildman–Crippen LogP) is 6.13. The van der Waals surface area contributed by atoms with Crippen LogP contribution in [0.1, 0.15) is 76.7 Å². The molecule has 0 radical (unpaired) electrons. The first-order valence-corrected chi connectivity index (χ1v) is 10.2. The number of benzene rings is 1. The number of hydrogen-bond donors (Lipinski definition) is 0. The summed E-state index contributed by atoms with van der Waals surface area (Å²) in [6.45, 7) is 5.33. The van der Waals surface area contributed by atoms with Crippen LogP contribution in [-0.4, -0.2) is 26.4 Å². The molecule has 0 aliphatic rings. The van der Waals surface area contributed by atoms with Crippen molar-refractivity contribution in [2.45, 2.75) is 71.1 Å². The van der Waals surface area contributed by atoms with E-state index in [1.807, 2.05) is 13.0 Å². The van der Waals surface area contributed by atoms with Crippen LogP contribution in [0.15, 0.2) is 24.3 Å². The molecule has 0 atom stereocenters. The minimum absolute atomic E-state index is 0.218. The molecule has 1 aromatic rings. The smallest absolute Gasteiger partial charge is 0.124 e. The van der Waals surface area contributed by atoms with E-state index in [1.54, 1.807) is 6.07 Å². The fourth-order valence-electron chi connectivity index (χ4n) is 2.72. The highest BCUT2D eigenvalue weighted by molar-refractivity contribution is 5.34. The largest absolute Gasteiger partial charge is 0.382 e. The standard InChI is InChI=1S/C23H35FO2/c1-2-25-19-14-20-26-18-12-10-8-6-4-3-5-7-9-11-15-22-16-13-17-23(24)21-22/h13,16-17,21H,2-10,12,14,18-20H2,1H3. The first-order valence-electron chi connectivity index (χ1n) is 10.2. The summed E-state index contributed by atoms with van der Waals surface area (Å²) in [5, 5.41) is 0. The van der Waals surface area contributed by atoms with E-state index < -0.39 is 0 Å². The lowest BCUT2D eigenvalue weighted by molar-refractivity contribution is 0.0860. The van der Waals surface area contributed by atoms with Crippen LogP contribution in [0.2, 0.25) is 0 Å². The van der Waals surface area contributed by atoms with Crippen molar-refractivity contribution < 1.29 is 13.9 Å². The van der Waals surface area contributed by atoms with Crippen LogP contribution in [0.25, 0.3) is 0 Å². The molecule has 2 nitrogen and oxygen atoms in total. The highest BCUT2D eigenvalue weighted by Crippen LogP contribution is 2.10. The minimum atomic E-state index is -0.218. The summed E-state index contributed by atoms with van der Waals surface area (Å²) in [6, 6.07) is 6.48. The van der Waals surface area contributed by atoms with E-state index in [9.17, 15) is 4.39 Å². The molecule has 146 valence electrons. The van der Waals surface area contributed by atoms with E-state index in [-0.39, 0.29) is 5.82 Å². The van der Waals surface area contributed by atoms with E-state index in [2.05, 4.69) is 11.8 Å². The molecule has 0 bridgehead atoms. The Morgan fingerprint density at radius 3 is 2.19 bits per heavy atom. The second kappa shape index (κ2) is 17.1. The van der Waals surface area contributed by atoms with Gasteiger partial charge in [-0.15, -0.1) is 0 Å². The van der Waals surface area contributed by atoms with Crippen LogP contribution in [0.5, 0.6) is 0 Å². The zero-order chi connectivity index (χ0) is 18.7. The Hall–Kier alpha value is -1.37. The molecular formula is C23H35FO2. The van der Waals surface area contributed by atoms with Gasteiger partial charge in [-0.25, -0.2) is 4.39 Å². The fraction of sp³-hybridized carbons (Fsp3) is 0.652. The molecule has 0 aliphatic heterocycles. The quantitative estimate of drug-likeness (QED) is 0.276. The first-order chi connectivity index (χ1) is 12.8. The van der Waals surface area contributed by atoms with Crippen molar-refractivity contribution in [3.8, 4) is 11.8 Å². The van der Waals surface area contributed by atoms with Gasteiger partial charge in [0, 0.05) is 38.4 Å². The zero-order valence-corrected chi connectivity index (χ0v) is 16.4. The van der Waals surface area contributed by atoms with Crippen LogP contribution in [0.3, 0.4) is 0 Å². The summed E-state index contributed by atoms with van der Waals surface area (Å²) in [5.41, 5.74) is 0.767. The van der Waals surface area contributed by atoms with Crippen LogP contribution in [-0.2, 0) is 9.47 Å². The number of halogens is 1. The van der Waals surface area contributed by atoms with Crippen molar-refractivity contribution in [1.82, 2.24) is 0 Å². The lowest BCUT2D eigenvalue weighted by Gasteiger charge is -2.04. The summed E-state index contributed by atoms with van der Waals surface area (Å²) < 4.78 is 23.9. The van der Waals surface area contributed by atoms with E-state index >= 15 is 0 Å². The Morgan fingerprint density at radius 2 is 1.46 bits per heavy atom. The molecule has 0 heterocycles. The highest BCUT2D eigenvalue weighted by Gasteiger charge is 1.94. The number of ether oxygens (including phenoxy) is 2. The van der Waals surface area contributed by atoms with Gasteiger partial charge in [0.05, 0.1) is 0 Å². The third-order valence-corrected chi connectivity index (χ3v) is 4.18. The van der Waals surface area contributed by atoms with Gasteiger partial charge in [0.25, 0.3) is 0 Å². The summed E-state index contributed by atoms with van der Waals surface area (Å²) in [6.07, 6.45) is 11.9. The molecule has 0 spiro atoms. The number of hydrogen-bond acceptors (Lipinski definition) is 2. The zero-order valence-electron chi connectivity index (χ0n) is 16.4. The fourth-order valence-corrected chi connectivity index (χ4v) is 2.72. The third kappa shape index (κ3) is 13.9. The second-order valence-electron chi connectivity index (χ2n) is 6.55. The van der Waals surface area contributed by atoms with E-state index in [1.165, 1.54) is 57.1 Å². The predicted molar refractivity (Wildman–Crippen MR) is 107 cm³/mol. The molecule has 0 aromatic heterocycles. The van der Waals surface area contributed by atoms with Gasteiger partial charge in [0.15, 0.2) is 0 Å². The lowest BCUT2D eigenvalue weighted by atomic mass is 10.1. The van der Waals surface area contributed by atoms with Gasteiger partial charge in [-0.05, 0) is 44.4 Å². The molecule has 0 fully saturated rings. The topological polar surface area (TPSA) is 18.5 Å². The van der Waals surface area contributed by atoms with Crippen molar-refractivity contribution in [2.24, 2.45) is 0 Å². The summed E-state index contributed by atoms with van der Waals surface area (Å²) in [7, 11) is 0. The SMILES string of the molecule is CCOCCCOCCCCCCCCCCC#Cc1cccc(F)c1. The average molecular weight is 363 g/mol. The van der Waals surface area contributed by atoms with Crippen LogP contribution >= 0.6 is 0 Å². The summed E-state index contributed by atoms with van der Waals surface area (Å²) >= 11 is 0. The van der Waals surface area contributed by atoms with Gasteiger partial charge >= 0.3 is 0 Å². The summed E-state index contributed by atoms with van der Waals surface area (Å²) in [4.78, 5) is 0. The second-order valence-corrected chi connectivity index (χ2v) is 6.55. The van der Waals surface area contributed by atoms with Crippen molar-refractivity contribution >= 4 is 0 Å². The molecule has 0 unspecified atom stereocenters. The van der Waals surface area contributed by atoms with Crippen LogP contribution < -0.4 is 0 Å². The number of unbranched alkanes of at least 4 members (excludes halogenated alkanes) is 8. The van der Waals surface area contributed by atoms with Gasteiger partial charge < -0.3 is 9.47 Å². The van der Waals surface area contributed by atoms with Gasteiger partial charge in [-0.2, -0.15) is 0 Å². The molecule has 1 rings (SSSR count). The Kier molecular flexibility index (Phi) is 14.9.